The first-order chi connectivity index (χ1) is 13.6. The van der Waals surface area contributed by atoms with E-state index in [0.717, 1.165) is 25.7 Å². The summed E-state index contributed by atoms with van der Waals surface area (Å²) < 4.78 is 32.3. The fourth-order valence-corrected chi connectivity index (χ4v) is 3.38. The average molecular weight is 410 g/mol. The maximum absolute atomic E-state index is 13.3. The fraction of sp³-hybridized carbons (Fsp3) is 0.750. The number of rotatable bonds is 9. The molecule has 0 bridgehead atoms. The molecule has 1 atom stereocenters. The molecule has 2 saturated carbocycles. The molecule has 0 aromatic carbocycles. The van der Waals surface area contributed by atoms with Gasteiger partial charge in [0, 0.05) is 0 Å². The third-order valence-electron chi connectivity index (χ3n) is 5.68. The minimum absolute atomic E-state index is 0.0527. The number of aliphatic hydroxyl groups is 1. The molecule has 0 unspecified atom stereocenters. The van der Waals surface area contributed by atoms with Crippen LogP contribution in [0.5, 0.6) is 5.88 Å². The Morgan fingerprint density at radius 1 is 1.34 bits per heavy atom. The molecule has 2 N–H and O–H groups in total. The largest absolute Gasteiger partial charge is 0.475 e. The third-order valence-corrected chi connectivity index (χ3v) is 5.68. The molecule has 1 amide bonds. The first-order valence-corrected chi connectivity index (χ1v) is 10.3. The summed E-state index contributed by atoms with van der Waals surface area (Å²) in [6, 6.07) is -0.408. The van der Waals surface area contributed by atoms with Crippen molar-refractivity contribution in [2.75, 3.05) is 24.6 Å². The molecule has 1 aromatic heterocycles. The number of amides is 1. The van der Waals surface area contributed by atoms with Crippen molar-refractivity contribution in [1.29, 1.82) is 0 Å². The highest BCUT2D eigenvalue weighted by molar-refractivity contribution is 5.92. The maximum atomic E-state index is 13.3. The number of ether oxygens (including phenoxy) is 1. The highest BCUT2D eigenvalue weighted by Gasteiger charge is 2.46. The first-order valence-electron chi connectivity index (χ1n) is 10.3. The van der Waals surface area contributed by atoms with Gasteiger partial charge in [-0.25, -0.2) is 18.7 Å². The second-order valence-electron chi connectivity index (χ2n) is 9.21. The third kappa shape index (κ3) is 5.12. The molecule has 160 valence electrons. The lowest BCUT2D eigenvalue weighted by atomic mass is 9.93. The lowest BCUT2D eigenvalue weighted by molar-refractivity contribution is -0.0270. The van der Waals surface area contributed by atoms with E-state index in [1.165, 1.54) is 11.1 Å². The highest BCUT2D eigenvalue weighted by atomic mass is 19.3. The van der Waals surface area contributed by atoms with Crippen LogP contribution in [0.25, 0.3) is 0 Å². The minimum atomic E-state index is -2.74. The minimum Gasteiger partial charge on any atom is -0.475 e. The molecule has 1 aliphatic heterocycles. The van der Waals surface area contributed by atoms with E-state index in [-0.39, 0.29) is 17.4 Å². The molecule has 1 saturated heterocycles. The Labute approximate surface area is 168 Å². The van der Waals surface area contributed by atoms with Crippen LogP contribution >= 0.6 is 0 Å². The van der Waals surface area contributed by atoms with Gasteiger partial charge in [-0.05, 0) is 44.9 Å². The van der Waals surface area contributed by atoms with Gasteiger partial charge in [0.15, 0.2) is 11.5 Å². The van der Waals surface area contributed by atoms with Gasteiger partial charge >= 0.3 is 0 Å². The number of hydrogen-bond donors (Lipinski definition) is 2. The van der Waals surface area contributed by atoms with Gasteiger partial charge in [-0.2, -0.15) is 0 Å². The van der Waals surface area contributed by atoms with E-state index in [0.29, 0.717) is 24.9 Å². The van der Waals surface area contributed by atoms with Gasteiger partial charge in [-0.15, -0.1) is 0 Å². The van der Waals surface area contributed by atoms with Gasteiger partial charge in [0.05, 0.1) is 37.5 Å². The van der Waals surface area contributed by atoms with Crippen LogP contribution in [0.2, 0.25) is 0 Å². The summed E-state index contributed by atoms with van der Waals surface area (Å²) in [5.41, 5.74) is -1.02. The Kier molecular flexibility index (Phi) is 5.13. The summed E-state index contributed by atoms with van der Waals surface area (Å²) in [6.45, 7) is 2.90. The van der Waals surface area contributed by atoms with Gasteiger partial charge in [-0.3, -0.25) is 4.79 Å². The zero-order chi connectivity index (χ0) is 20.8. The van der Waals surface area contributed by atoms with Crippen LogP contribution in [0.15, 0.2) is 6.20 Å². The number of nitrogens with one attached hydrogen (secondary N) is 1. The van der Waals surface area contributed by atoms with Crippen LogP contribution in [0.1, 0.15) is 56.4 Å². The number of anilines is 1. The van der Waals surface area contributed by atoms with Crippen LogP contribution in [-0.4, -0.2) is 58.2 Å². The van der Waals surface area contributed by atoms with Gasteiger partial charge in [0.1, 0.15) is 0 Å². The summed E-state index contributed by atoms with van der Waals surface area (Å²) in [6.07, 6.45) is 6.34. The summed E-state index contributed by atoms with van der Waals surface area (Å²) in [4.78, 5) is 22.7. The normalized spacial score (nSPS) is 22.0. The molecule has 4 rings (SSSR count). The van der Waals surface area contributed by atoms with Crippen LogP contribution in [-0.2, 0) is 0 Å². The Morgan fingerprint density at radius 2 is 2.00 bits per heavy atom. The van der Waals surface area contributed by atoms with Crippen LogP contribution < -0.4 is 15.0 Å². The Bertz CT molecular complexity index is 767. The summed E-state index contributed by atoms with van der Waals surface area (Å²) in [5, 5.41) is 13.3. The van der Waals surface area contributed by atoms with Crippen LogP contribution in [0.4, 0.5) is 14.6 Å². The number of hydrogen-bond acceptors (Lipinski definition) is 6. The molecule has 3 fully saturated rings. The molecular formula is C20H28F2N4O3. The predicted octanol–water partition coefficient (Wildman–Crippen LogP) is 2.39. The zero-order valence-corrected chi connectivity index (χ0v) is 16.8. The van der Waals surface area contributed by atoms with Gasteiger partial charge in [0.25, 0.3) is 17.7 Å². The van der Waals surface area contributed by atoms with Crippen molar-refractivity contribution < 1.29 is 23.4 Å². The van der Waals surface area contributed by atoms with Crippen molar-refractivity contribution in [1.82, 2.24) is 15.3 Å². The van der Waals surface area contributed by atoms with Crippen molar-refractivity contribution in [3.8, 4) is 5.88 Å². The molecule has 2 heterocycles. The fourth-order valence-electron chi connectivity index (χ4n) is 3.38. The summed E-state index contributed by atoms with van der Waals surface area (Å²) in [7, 11) is 0. The van der Waals surface area contributed by atoms with Crippen molar-refractivity contribution in [3.05, 3.63) is 11.9 Å². The van der Waals surface area contributed by atoms with E-state index >= 15 is 0 Å². The summed E-state index contributed by atoms with van der Waals surface area (Å²) in [5.74, 6) is -1.88. The van der Waals surface area contributed by atoms with Gasteiger partial charge in [-0.1, -0.05) is 12.8 Å². The zero-order valence-electron chi connectivity index (χ0n) is 16.8. The molecule has 29 heavy (non-hydrogen) atoms. The van der Waals surface area contributed by atoms with E-state index in [1.54, 1.807) is 13.8 Å². The molecule has 3 aliphatic rings. The molecular weight excluding hydrogens is 382 g/mol. The number of halogens is 2. The van der Waals surface area contributed by atoms with Gasteiger partial charge < -0.3 is 20.1 Å². The number of aromatic nitrogens is 2. The number of carbonyl (C=O) groups excluding carboxylic acids is 1. The van der Waals surface area contributed by atoms with E-state index < -0.39 is 36.6 Å². The number of carbonyl (C=O) groups is 1. The van der Waals surface area contributed by atoms with Crippen molar-refractivity contribution in [2.45, 2.75) is 63.5 Å². The molecule has 2 aliphatic carbocycles. The Hall–Kier alpha value is -2.03. The van der Waals surface area contributed by atoms with E-state index in [1.807, 2.05) is 0 Å². The SMILES string of the molecule is CC(C)(O)[C@H](CC1CC1)NC(=O)c1cnc(N2CC(F)(F)C2)c(OCC2CC2)n1. The number of nitrogens with zero attached hydrogens (tertiary/aromatic N) is 3. The highest BCUT2D eigenvalue weighted by Crippen LogP contribution is 2.37. The number of alkyl halides is 2. The Morgan fingerprint density at radius 3 is 2.55 bits per heavy atom. The maximum Gasteiger partial charge on any atom is 0.282 e. The topological polar surface area (TPSA) is 87.6 Å². The Balaban J connectivity index is 1.49. The summed E-state index contributed by atoms with van der Waals surface area (Å²) >= 11 is 0. The smallest absolute Gasteiger partial charge is 0.282 e. The average Bonchev–Trinajstić information content (AvgIpc) is 3.50. The van der Waals surface area contributed by atoms with Gasteiger partial charge in [0.2, 0.25) is 0 Å². The van der Waals surface area contributed by atoms with Crippen LogP contribution in [0, 0.1) is 11.8 Å². The molecule has 7 nitrogen and oxygen atoms in total. The standard InChI is InChI=1S/C20H28F2N4O3/c1-19(2,28)15(7-12-3-4-12)25-17(27)14-8-23-16(26-10-20(21,22)11-26)18(24-14)29-9-13-5-6-13/h8,12-13,15,28H,3-7,9-11H2,1-2H3,(H,25,27)/t15-/m0/s1. The molecule has 1 aromatic rings. The second kappa shape index (κ2) is 7.34. The second-order valence-corrected chi connectivity index (χ2v) is 9.21. The quantitative estimate of drug-likeness (QED) is 0.650. The lowest BCUT2D eigenvalue weighted by Gasteiger charge is -2.39. The molecule has 9 heteroatoms. The van der Waals surface area contributed by atoms with Crippen molar-refractivity contribution in [2.24, 2.45) is 11.8 Å². The predicted molar refractivity (Wildman–Crippen MR) is 102 cm³/mol. The van der Waals surface area contributed by atoms with Crippen LogP contribution in [0.3, 0.4) is 0 Å². The van der Waals surface area contributed by atoms with Crippen molar-refractivity contribution >= 4 is 11.7 Å². The molecule has 0 radical (unpaired) electrons. The van der Waals surface area contributed by atoms with E-state index in [4.69, 9.17) is 4.74 Å². The molecule has 0 spiro atoms. The van der Waals surface area contributed by atoms with E-state index in [2.05, 4.69) is 15.3 Å². The van der Waals surface area contributed by atoms with E-state index in [9.17, 15) is 18.7 Å². The van der Waals surface area contributed by atoms with Crippen molar-refractivity contribution in [3.63, 3.8) is 0 Å². The monoisotopic (exact) mass is 410 g/mol. The lowest BCUT2D eigenvalue weighted by Crippen LogP contribution is -2.56. The first kappa shape index (κ1) is 20.3.